The van der Waals surface area contributed by atoms with Crippen molar-refractivity contribution in [2.45, 2.75) is 63.7 Å². The summed E-state index contributed by atoms with van der Waals surface area (Å²) in [7, 11) is 0. The maximum Gasteiger partial charge on any atom is 0.123 e. The summed E-state index contributed by atoms with van der Waals surface area (Å²) in [6.45, 7) is 4.18. The van der Waals surface area contributed by atoms with Gasteiger partial charge in [-0.3, -0.25) is 0 Å². The first-order valence-corrected chi connectivity index (χ1v) is 8.62. The van der Waals surface area contributed by atoms with Gasteiger partial charge in [-0.05, 0) is 73.5 Å². The second-order valence-electron chi connectivity index (χ2n) is 7.10. The van der Waals surface area contributed by atoms with Gasteiger partial charge in [0.25, 0.3) is 0 Å². The van der Waals surface area contributed by atoms with Crippen molar-refractivity contribution in [3.63, 3.8) is 0 Å². The maximum atomic E-state index is 13.0. The molecule has 2 aliphatic rings. The van der Waals surface area contributed by atoms with Crippen LogP contribution in [-0.4, -0.2) is 0 Å². The van der Waals surface area contributed by atoms with Crippen molar-refractivity contribution < 1.29 is 4.39 Å². The third-order valence-corrected chi connectivity index (χ3v) is 6.07. The van der Waals surface area contributed by atoms with Crippen molar-refractivity contribution in [3.05, 3.63) is 48.3 Å². The van der Waals surface area contributed by atoms with Crippen molar-refractivity contribution in [1.82, 2.24) is 0 Å². The molecule has 114 valence electrons. The van der Waals surface area contributed by atoms with Gasteiger partial charge in [0.15, 0.2) is 0 Å². The van der Waals surface area contributed by atoms with Crippen molar-refractivity contribution in [2.75, 3.05) is 0 Å². The molecule has 2 saturated carbocycles. The van der Waals surface area contributed by atoms with E-state index in [1.807, 2.05) is 12.1 Å². The van der Waals surface area contributed by atoms with Gasteiger partial charge in [-0.25, -0.2) is 4.39 Å². The Kier molecular flexibility index (Phi) is 4.47. The standard InChI is InChI=1S/C20H27F/c1-2-20(14-4-3-5-15-20)18-10-6-16(7-11-18)17-8-12-19(21)13-9-17/h2,8-9,12-13,16,18H,1,3-7,10-11,14-15H2. The molecule has 1 heteroatoms. The van der Waals surface area contributed by atoms with Crippen LogP contribution in [0.4, 0.5) is 4.39 Å². The van der Waals surface area contributed by atoms with E-state index in [0.717, 1.165) is 5.92 Å². The summed E-state index contributed by atoms with van der Waals surface area (Å²) in [6, 6.07) is 7.16. The van der Waals surface area contributed by atoms with E-state index < -0.39 is 0 Å². The van der Waals surface area contributed by atoms with Crippen LogP contribution in [0.15, 0.2) is 36.9 Å². The second-order valence-corrected chi connectivity index (χ2v) is 7.10. The maximum absolute atomic E-state index is 13.0. The zero-order valence-corrected chi connectivity index (χ0v) is 13.0. The van der Waals surface area contributed by atoms with E-state index in [0.29, 0.717) is 11.3 Å². The number of halogens is 1. The van der Waals surface area contributed by atoms with Gasteiger partial charge in [0.1, 0.15) is 5.82 Å². The number of hydrogen-bond donors (Lipinski definition) is 0. The minimum atomic E-state index is -0.125. The average molecular weight is 286 g/mol. The lowest BCUT2D eigenvalue weighted by molar-refractivity contribution is 0.113. The summed E-state index contributed by atoms with van der Waals surface area (Å²) in [6.07, 6.45) is 14.3. The zero-order chi connectivity index (χ0) is 14.7. The fraction of sp³-hybridized carbons (Fsp3) is 0.600. The fourth-order valence-corrected chi connectivity index (χ4v) is 4.73. The van der Waals surface area contributed by atoms with E-state index in [1.165, 1.54) is 63.4 Å². The van der Waals surface area contributed by atoms with Gasteiger partial charge in [-0.2, -0.15) is 0 Å². The molecule has 0 aliphatic heterocycles. The summed E-state index contributed by atoms with van der Waals surface area (Å²) in [4.78, 5) is 0. The Morgan fingerprint density at radius 1 is 0.952 bits per heavy atom. The predicted octanol–water partition coefficient (Wildman–Crippen LogP) is 6.24. The first kappa shape index (κ1) is 14.8. The van der Waals surface area contributed by atoms with Gasteiger partial charge in [-0.1, -0.05) is 37.5 Å². The minimum Gasteiger partial charge on any atom is -0.207 e. The van der Waals surface area contributed by atoms with Crippen LogP contribution in [0.25, 0.3) is 0 Å². The lowest BCUT2D eigenvalue weighted by Gasteiger charge is -2.45. The Balaban J connectivity index is 1.64. The monoisotopic (exact) mass is 286 g/mol. The molecule has 2 aliphatic carbocycles. The molecule has 3 rings (SSSR count). The molecule has 0 heterocycles. The summed E-state index contributed by atoms with van der Waals surface area (Å²) in [5, 5.41) is 0. The van der Waals surface area contributed by atoms with Crippen molar-refractivity contribution in [1.29, 1.82) is 0 Å². The smallest absolute Gasteiger partial charge is 0.123 e. The van der Waals surface area contributed by atoms with E-state index in [2.05, 4.69) is 12.7 Å². The Morgan fingerprint density at radius 3 is 2.14 bits per heavy atom. The molecule has 0 saturated heterocycles. The highest BCUT2D eigenvalue weighted by molar-refractivity contribution is 5.21. The normalized spacial score (nSPS) is 29.0. The highest BCUT2D eigenvalue weighted by Gasteiger charge is 2.39. The van der Waals surface area contributed by atoms with Crippen molar-refractivity contribution in [3.8, 4) is 0 Å². The summed E-state index contributed by atoms with van der Waals surface area (Å²) >= 11 is 0. The van der Waals surface area contributed by atoms with Crippen molar-refractivity contribution >= 4 is 0 Å². The van der Waals surface area contributed by atoms with Crippen LogP contribution in [0, 0.1) is 17.2 Å². The Labute approximate surface area is 128 Å². The van der Waals surface area contributed by atoms with Crippen LogP contribution in [0.3, 0.4) is 0 Å². The van der Waals surface area contributed by atoms with Gasteiger partial charge in [0.05, 0.1) is 0 Å². The number of hydrogen-bond acceptors (Lipinski definition) is 0. The summed E-state index contributed by atoms with van der Waals surface area (Å²) in [5.74, 6) is 1.33. The van der Waals surface area contributed by atoms with E-state index in [-0.39, 0.29) is 5.82 Å². The van der Waals surface area contributed by atoms with E-state index in [4.69, 9.17) is 0 Å². The van der Waals surface area contributed by atoms with Crippen LogP contribution >= 0.6 is 0 Å². The van der Waals surface area contributed by atoms with Crippen LogP contribution in [0.1, 0.15) is 69.3 Å². The first-order valence-electron chi connectivity index (χ1n) is 8.62. The van der Waals surface area contributed by atoms with Crippen molar-refractivity contribution in [2.24, 2.45) is 11.3 Å². The molecule has 21 heavy (non-hydrogen) atoms. The second kappa shape index (κ2) is 6.34. The Morgan fingerprint density at radius 2 is 1.57 bits per heavy atom. The van der Waals surface area contributed by atoms with Gasteiger partial charge >= 0.3 is 0 Å². The van der Waals surface area contributed by atoms with Crippen LogP contribution in [0.2, 0.25) is 0 Å². The minimum absolute atomic E-state index is 0.125. The quantitative estimate of drug-likeness (QED) is 0.577. The molecule has 2 fully saturated rings. The summed E-state index contributed by atoms with van der Waals surface area (Å²) in [5.41, 5.74) is 1.75. The molecule has 0 aromatic heterocycles. The molecule has 1 aromatic rings. The molecule has 0 N–H and O–H groups in total. The number of rotatable bonds is 3. The van der Waals surface area contributed by atoms with Gasteiger partial charge in [0.2, 0.25) is 0 Å². The first-order chi connectivity index (χ1) is 10.2. The van der Waals surface area contributed by atoms with Gasteiger partial charge in [0, 0.05) is 0 Å². The highest BCUT2D eigenvalue weighted by atomic mass is 19.1. The molecule has 0 nitrogen and oxygen atoms in total. The third kappa shape index (κ3) is 3.07. The van der Waals surface area contributed by atoms with E-state index in [9.17, 15) is 4.39 Å². The van der Waals surface area contributed by atoms with Crippen LogP contribution in [0.5, 0.6) is 0 Å². The topological polar surface area (TPSA) is 0 Å². The molecule has 0 radical (unpaired) electrons. The average Bonchev–Trinajstić information content (AvgIpc) is 2.56. The Hall–Kier alpha value is -1.11. The van der Waals surface area contributed by atoms with Gasteiger partial charge in [-0.15, -0.1) is 6.58 Å². The number of allylic oxidation sites excluding steroid dienone is 1. The molecule has 0 amide bonds. The Bertz CT molecular complexity index is 459. The molecule has 0 atom stereocenters. The molecule has 0 unspecified atom stereocenters. The van der Waals surface area contributed by atoms with E-state index >= 15 is 0 Å². The zero-order valence-electron chi connectivity index (χ0n) is 13.0. The van der Waals surface area contributed by atoms with Crippen LogP contribution < -0.4 is 0 Å². The lowest BCUT2D eigenvalue weighted by Crippen LogP contribution is -2.33. The van der Waals surface area contributed by atoms with E-state index in [1.54, 1.807) is 12.1 Å². The summed E-state index contributed by atoms with van der Waals surface area (Å²) < 4.78 is 13.0. The molecule has 0 spiro atoms. The third-order valence-electron chi connectivity index (χ3n) is 6.07. The SMILES string of the molecule is C=CC1(C2CCC(c3ccc(F)cc3)CC2)CCCCC1. The highest BCUT2D eigenvalue weighted by Crippen LogP contribution is 2.51. The molecular formula is C20H27F. The number of benzene rings is 1. The molecule has 0 bridgehead atoms. The van der Waals surface area contributed by atoms with Crippen LogP contribution in [-0.2, 0) is 0 Å². The molecular weight excluding hydrogens is 259 g/mol. The predicted molar refractivity (Wildman–Crippen MR) is 86.8 cm³/mol. The largest absolute Gasteiger partial charge is 0.207 e. The fourth-order valence-electron chi connectivity index (χ4n) is 4.73. The molecule has 1 aromatic carbocycles. The lowest BCUT2D eigenvalue weighted by atomic mass is 9.60. The van der Waals surface area contributed by atoms with Gasteiger partial charge < -0.3 is 0 Å².